The Bertz CT molecular complexity index is 549. The van der Waals surface area contributed by atoms with E-state index in [0.29, 0.717) is 25.3 Å². The molecule has 24 heavy (non-hydrogen) atoms. The highest BCUT2D eigenvalue weighted by Crippen LogP contribution is 2.15. The summed E-state index contributed by atoms with van der Waals surface area (Å²) in [6.45, 7) is 7.30. The maximum absolute atomic E-state index is 12.3. The first-order valence-corrected chi connectivity index (χ1v) is 8.49. The second-order valence-electron chi connectivity index (χ2n) is 6.12. The third-order valence-corrected chi connectivity index (χ3v) is 3.84. The van der Waals surface area contributed by atoms with E-state index in [1.165, 1.54) is 0 Å². The van der Waals surface area contributed by atoms with Gasteiger partial charge in [-0.05, 0) is 57.9 Å². The number of likely N-dealkylation sites (tertiary alicyclic amines) is 1. The van der Waals surface area contributed by atoms with Crippen LogP contribution in [0.2, 0.25) is 0 Å². The molecule has 0 unspecified atom stereocenters. The number of carbonyl (C=O) groups excluding carboxylic acids is 2. The first-order chi connectivity index (χ1) is 11.5. The van der Waals surface area contributed by atoms with Crippen molar-refractivity contribution < 1.29 is 19.1 Å². The van der Waals surface area contributed by atoms with Crippen LogP contribution >= 0.6 is 0 Å². The smallest absolute Gasteiger partial charge is 0.409 e. The summed E-state index contributed by atoms with van der Waals surface area (Å²) in [5.74, 6) is 0.657. The van der Waals surface area contributed by atoms with Crippen LogP contribution in [-0.4, -0.2) is 48.7 Å². The maximum atomic E-state index is 12.3. The highest BCUT2D eigenvalue weighted by molar-refractivity contribution is 5.94. The van der Waals surface area contributed by atoms with Crippen LogP contribution in [0.25, 0.3) is 0 Å². The molecule has 0 bridgehead atoms. The van der Waals surface area contributed by atoms with E-state index in [2.05, 4.69) is 5.32 Å². The van der Waals surface area contributed by atoms with Gasteiger partial charge in [-0.2, -0.15) is 0 Å². The Morgan fingerprint density at radius 1 is 1.21 bits per heavy atom. The molecule has 0 atom stereocenters. The molecule has 1 aliphatic heterocycles. The first-order valence-electron chi connectivity index (χ1n) is 8.49. The average molecular weight is 334 g/mol. The molecular formula is C18H26N2O4. The summed E-state index contributed by atoms with van der Waals surface area (Å²) in [6.07, 6.45) is 1.30. The third kappa shape index (κ3) is 5.15. The molecule has 1 heterocycles. The van der Waals surface area contributed by atoms with E-state index in [9.17, 15) is 9.59 Å². The summed E-state index contributed by atoms with van der Waals surface area (Å²) in [4.78, 5) is 25.7. The van der Waals surface area contributed by atoms with Crippen molar-refractivity contribution in [2.75, 3.05) is 19.7 Å². The second-order valence-corrected chi connectivity index (χ2v) is 6.12. The van der Waals surface area contributed by atoms with E-state index in [1.807, 2.05) is 13.8 Å². The Balaban J connectivity index is 1.82. The van der Waals surface area contributed by atoms with E-state index >= 15 is 0 Å². The van der Waals surface area contributed by atoms with E-state index in [1.54, 1.807) is 36.1 Å². The molecule has 0 spiro atoms. The SMILES string of the molecule is CCOC(=O)N1CCC(NC(=O)c2ccc(OC(C)C)cc2)CC1. The minimum Gasteiger partial charge on any atom is -0.491 e. The largest absolute Gasteiger partial charge is 0.491 e. The lowest BCUT2D eigenvalue weighted by atomic mass is 10.0. The quantitative estimate of drug-likeness (QED) is 0.899. The summed E-state index contributed by atoms with van der Waals surface area (Å²) in [5, 5.41) is 3.03. The molecule has 1 fully saturated rings. The summed E-state index contributed by atoms with van der Waals surface area (Å²) in [5.41, 5.74) is 0.610. The van der Waals surface area contributed by atoms with Crippen LogP contribution in [0, 0.1) is 0 Å². The topological polar surface area (TPSA) is 67.9 Å². The molecule has 6 heteroatoms. The standard InChI is InChI=1S/C18H26N2O4/c1-4-23-18(22)20-11-9-15(10-12-20)19-17(21)14-5-7-16(8-6-14)24-13(2)3/h5-8,13,15H,4,9-12H2,1-3H3,(H,19,21). The van der Waals surface area contributed by atoms with Crippen molar-refractivity contribution >= 4 is 12.0 Å². The van der Waals surface area contributed by atoms with Crippen LogP contribution in [0.3, 0.4) is 0 Å². The Morgan fingerprint density at radius 2 is 1.83 bits per heavy atom. The number of rotatable bonds is 5. The molecule has 1 aliphatic rings. The van der Waals surface area contributed by atoms with Crippen LogP contribution in [0.15, 0.2) is 24.3 Å². The van der Waals surface area contributed by atoms with Crippen LogP contribution in [0.4, 0.5) is 4.79 Å². The van der Waals surface area contributed by atoms with E-state index in [4.69, 9.17) is 9.47 Å². The molecule has 0 saturated carbocycles. The van der Waals surface area contributed by atoms with Crippen molar-refractivity contribution in [1.82, 2.24) is 10.2 Å². The summed E-state index contributed by atoms with van der Waals surface area (Å²) >= 11 is 0. The molecule has 1 aromatic carbocycles. The van der Waals surface area contributed by atoms with Gasteiger partial charge in [0.15, 0.2) is 0 Å². The lowest BCUT2D eigenvalue weighted by molar-refractivity contribution is 0.0860. The maximum Gasteiger partial charge on any atom is 0.409 e. The number of amides is 2. The fourth-order valence-corrected chi connectivity index (χ4v) is 2.65. The van der Waals surface area contributed by atoms with Crippen molar-refractivity contribution in [3.8, 4) is 5.75 Å². The second kappa shape index (κ2) is 8.57. The number of hydrogen-bond acceptors (Lipinski definition) is 4. The van der Waals surface area contributed by atoms with Crippen LogP contribution in [0.1, 0.15) is 44.0 Å². The molecular weight excluding hydrogens is 308 g/mol. The molecule has 0 aromatic heterocycles. The number of hydrogen-bond donors (Lipinski definition) is 1. The van der Waals surface area contributed by atoms with Crippen LogP contribution in [-0.2, 0) is 4.74 Å². The first kappa shape index (κ1) is 18.1. The molecule has 0 radical (unpaired) electrons. The Labute approximate surface area is 143 Å². The third-order valence-electron chi connectivity index (χ3n) is 3.84. The minimum atomic E-state index is -0.275. The summed E-state index contributed by atoms with van der Waals surface area (Å²) in [7, 11) is 0. The van der Waals surface area contributed by atoms with Gasteiger partial charge in [-0.15, -0.1) is 0 Å². The lowest BCUT2D eigenvalue weighted by Gasteiger charge is -2.31. The van der Waals surface area contributed by atoms with Crippen molar-refractivity contribution in [3.05, 3.63) is 29.8 Å². The number of benzene rings is 1. The molecule has 1 N–H and O–H groups in total. The molecule has 1 aromatic rings. The zero-order valence-electron chi connectivity index (χ0n) is 14.6. The predicted octanol–water partition coefficient (Wildman–Crippen LogP) is 2.82. The van der Waals surface area contributed by atoms with Crippen molar-refractivity contribution in [2.24, 2.45) is 0 Å². The highest BCUT2D eigenvalue weighted by atomic mass is 16.6. The average Bonchev–Trinajstić information content (AvgIpc) is 2.56. The van der Waals surface area contributed by atoms with Gasteiger partial charge in [0, 0.05) is 24.7 Å². The van der Waals surface area contributed by atoms with E-state index < -0.39 is 0 Å². The van der Waals surface area contributed by atoms with Crippen LogP contribution in [0.5, 0.6) is 5.75 Å². The monoisotopic (exact) mass is 334 g/mol. The Hall–Kier alpha value is -2.24. The molecule has 132 valence electrons. The molecule has 2 rings (SSSR count). The number of nitrogens with one attached hydrogen (secondary N) is 1. The van der Waals surface area contributed by atoms with Gasteiger partial charge >= 0.3 is 6.09 Å². The van der Waals surface area contributed by atoms with Crippen molar-refractivity contribution in [2.45, 2.75) is 45.8 Å². The summed E-state index contributed by atoms with van der Waals surface area (Å²) in [6, 6.07) is 7.22. The van der Waals surface area contributed by atoms with Crippen molar-refractivity contribution in [3.63, 3.8) is 0 Å². The van der Waals surface area contributed by atoms with Crippen molar-refractivity contribution in [1.29, 1.82) is 0 Å². The zero-order valence-corrected chi connectivity index (χ0v) is 14.6. The van der Waals surface area contributed by atoms with Gasteiger partial charge in [0.05, 0.1) is 12.7 Å². The number of piperidine rings is 1. The lowest BCUT2D eigenvalue weighted by Crippen LogP contribution is -2.46. The molecule has 0 aliphatic carbocycles. The minimum absolute atomic E-state index is 0.0785. The Kier molecular flexibility index (Phi) is 6.46. The normalized spacial score (nSPS) is 15.2. The van der Waals surface area contributed by atoms with Gasteiger partial charge < -0.3 is 19.7 Å². The molecule has 1 saturated heterocycles. The van der Waals surface area contributed by atoms with Gasteiger partial charge in [-0.1, -0.05) is 0 Å². The van der Waals surface area contributed by atoms with Gasteiger partial charge in [-0.3, -0.25) is 4.79 Å². The fraction of sp³-hybridized carbons (Fsp3) is 0.556. The zero-order chi connectivity index (χ0) is 17.5. The van der Waals surface area contributed by atoms with E-state index in [0.717, 1.165) is 18.6 Å². The highest BCUT2D eigenvalue weighted by Gasteiger charge is 2.24. The van der Waals surface area contributed by atoms with Gasteiger partial charge in [0.2, 0.25) is 0 Å². The number of carbonyl (C=O) groups is 2. The summed E-state index contributed by atoms with van der Waals surface area (Å²) < 4.78 is 10.6. The molecule has 6 nitrogen and oxygen atoms in total. The van der Waals surface area contributed by atoms with Gasteiger partial charge in [0.25, 0.3) is 5.91 Å². The predicted molar refractivity (Wildman–Crippen MR) is 91.3 cm³/mol. The molecule has 2 amide bonds. The van der Waals surface area contributed by atoms with E-state index in [-0.39, 0.29) is 24.1 Å². The number of ether oxygens (including phenoxy) is 2. The fourth-order valence-electron chi connectivity index (χ4n) is 2.65. The van der Waals surface area contributed by atoms with Gasteiger partial charge in [0.1, 0.15) is 5.75 Å². The number of nitrogens with zero attached hydrogens (tertiary/aromatic N) is 1. The van der Waals surface area contributed by atoms with Gasteiger partial charge in [-0.25, -0.2) is 4.79 Å². The van der Waals surface area contributed by atoms with Crippen LogP contribution < -0.4 is 10.1 Å². The Morgan fingerprint density at radius 3 is 2.38 bits per heavy atom.